The van der Waals surface area contributed by atoms with E-state index in [4.69, 9.17) is 5.26 Å². The molecule has 1 aliphatic heterocycles. The summed E-state index contributed by atoms with van der Waals surface area (Å²) in [6.45, 7) is 0.519. The van der Waals surface area contributed by atoms with Gasteiger partial charge in [-0.15, -0.1) is 0 Å². The van der Waals surface area contributed by atoms with Gasteiger partial charge in [-0.25, -0.2) is 4.98 Å². The van der Waals surface area contributed by atoms with Gasteiger partial charge in [-0.05, 0) is 37.0 Å². The number of amides is 1. The molecule has 0 spiro atoms. The molecule has 138 valence electrons. The van der Waals surface area contributed by atoms with Gasteiger partial charge in [0.15, 0.2) is 0 Å². The lowest BCUT2D eigenvalue weighted by atomic mass is 9.66. The van der Waals surface area contributed by atoms with Gasteiger partial charge in [0.2, 0.25) is 0 Å². The normalized spacial score (nSPS) is 27.5. The van der Waals surface area contributed by atoms with Crippen molar-refractivity contribution in [2.24, 2.45) is 5.92 Å². The number of benzene rings is 1. The number of fused-ring (bicyclic) bond motifs is 1. The minimum atomic E-state index is -0.883. The Morgan fingerprint density at radius 2 is 1.96 bits per heavy atom. The van der Waals surface area contributed by atoms with Gasteiger partial charge >= 0.3 is 0 Å². The van der Waals surface area contributed by atoms with E-state index in [1.165, 1.54) is 6.20 Å². The largest absolute Gasteiger partial charge is 0.385 e. The number of nitrogens with zero attached hydrogens (tertiary/aromatic N) is 3. The molecule has 3 unspecified atom stereocenters. The Balaban J connectivity index is 1.63. The Kier molecular flexibility index (Phi) is 4.67. The molecule has 5 nitrogen and oxygen atoms in total. The van der Waals surface area contributed by atoms with Crippen LogP contribution in [-0.4, -0.2) is 33.5 Å². The summed E-state index contributed by atoms with van der Waals surface area (Å²) in [4.78, 5) is 19.1. The molecule has 1 amide bonds. The maximum Gasteiger partial charge on any atom is 0.255 e. The van der Waals surface area contributed by atoms with Crippen LogP contribution in [0.15, 0.2) is 48.7 Å². The Labute approximate surface area is 159 Å². The Morgan fingerprint density at radius 3 is 2.67 bits per heavy atom. The zero-order valence-electron chi connectivity index (χ0n) is 15.2. The molecule has 1 saturated heterocycles. The summed E-state index contributed by atoms with van der Waals surface area (Å²) < 4.78 is 0. The number of aliphatic hydroxyl groups is 1. The first-order chi connectivity index (χ1) is 13.1. The number of nitriles is 1. The van der Waals surface area contributed by atoms with Crippen LogP contribution in [0.3, 0.4) is 0 Å². The third kappa shape index (κ3) is 3.11. The highest BCUT2D eigenvalue weighted by atomic mass is 16.3. The summed E-state index contributed by atoms with van der Waals surface area (Å²) in [5.41, 5.74) is 0.878. The van der Waals surface area contributed by atoms with Crippen molar-refractivity contribution in [3.63, 3.8) is 0 Å². The second-order valence-corrected chi connectivity index (χ2v) is 7.54. The van der Waals surface area contributed by atoms with Crippen LogP contribution < -0.4 is 0 Å². The smallest absolute Gasteiger partial charge is 0.255 e. The van der Waals surface area contributed by atoms with Crippen molar-refractivity contribution in [1.82, 2.24) is 9.88 Å². The number of hydrogen-bond acceptors (Lipinski definition) is 4. The molecule has 1 aliphatic carbocycles. The van der Waals surface area contributed by atoms with Crippen LogP contribution in [0.4, 0.5) is 0 Å². The van der Waals surface area contributed by atoms with Gasteiger partial charge in [-0.2, -0.15) is 5.26 Å². The first-order valence-electron chi connectivity index (χ1n) is 9.58. The van der Waals surface area contributed by atoms with E-state index < -0.39 is 5.60 Å². The third-order valence-corrected chi connectivity index (χ3v) is 6.14. The van der Waals surface area contributed by atoms with Crippen molar-refractivity contribution >= 4 is 5.91 Å². The maximum absolute atomic E-state index is 13.1. The van der Waals surface area contributed by atoms with E-state index in [1.54, 1.807) is 12.1 Å². The number of pyridine rings is 1. The molecule has 0 radical (unpaired) electrons. The minimum absolute atomic E-state index is 0.0286. The van der Waals surface area contributed by atoms with Gasteiger partial charge in [0.1, 0.15) is 11.8 Å². The van der Waals surface area contributed by atoms with Gasteiger partial charge in [-0.3, -0.25) is 4.79 Å². The molecule has 1 N–H and O–H groups in total. The second kappa shape index (κ2) is 7.13. The Bertz CT molecular complexity index is 859. The van der Waals surface area contributed by atoms with Crippen LogP contribution in [0.1, 0.15) is 53.7 Å². The lowest BCUT2D eigenvalue weighted by molar-refractivity contribution is -0.110. The molecule has 3 atom stereocenters. The molecule has 5 heteroatoms. The number of likely N-dealkylation sites (tertiary alicyclic amines) is 1. The lowest BCUT2D eigenvalue weighted by Gasteiger charge is -2.52. The second-order valence-electron chi connectivity index (χ2n) is 7.54. The van der Waals surface area contributed by atoms with E-state index in [-0.39, 0.29) is 17.9 Å². The van der Waals surface area contributed by atoms with E-state index in [1.807, 2.05) is 41.3 Å². The van der Waals surface area contributed by atoms with E-state index in [2.05, 4.69) is 4.98 Å². The van der Waals surface area contributed by atoms with Crippen LogP contribution >= 0.6 is 0 Å². The molecular formula is C22H23N3O2. The molecule has 2 heterocycles. The summed E-state index contributed by atoms with van der Waals surface area (Å²) >= 11 is 0. The van der Waals surface area contributed by atoms with Crippen molar-refractivity contribution in [3.05, 3.63) is 65.5 Å². The average Bonchev–Trinajstić information content (AvgIpc) is 2.74. The van der Waals surface area contributed by atoms with E-state index in [9.17, 15) is 9.90 Å². The van der Waals surface area contributed by atoms with Gasteiger partial charge in [0.25, 0.3) is 5.91 Å². The van der Waals surface area contributed by atoms with Gasteiger partial charge in [0.05, 0.1) is 11.2 Å². The monoisotopic (exact) mass is 361 g/mol. The van der Waals surface area contributed by atoms with Crippen LogP contribution in [0.5, 0.6) is 0 Å². The van der Waals surface area contributed by atoms with Gasteiger partial charge in [-0.1, -0.05) is 43.2 Å². The summed E-state index contributed by atoms with van der Waals surface area (Å²) in [6, 6.07) is 15.1. The van der Waals surface area contributed by atoms with Crippen molar-refractivity contribution in [3.8, 4) is 6.07 Å². The first kappa shape index (κ1) is 17.7. The molecule has 4 rings (SSSR count). The molecule has 2 aliphatic rings. The molecule has 1 aromatic carbocycles. The first-order valence-corrected chi connectivity index (χ1v) is 9.58. The summed E-state index contributed by atoms with van der Waals surface area (Å²) in [6.07, 6.45) is 6.00. The number of carbonyl (C=O) groups excluding carboxylic acids is 1. The van der Waals surface area contributed by atoms with Gasteiger partial charge < -0.3 is 10.0 Å². The molecule has 2 fully saturated rings. The summed E-state index contributed by atoms with van der Waals surface area (Å²) in [5.74, 6) is -0.0170. The highest BCUT2D eigenvalue weighted by molar-refractivity contribution is 5.94. The summed E-state index contributed by atoms with van der Waals surface area (Å²) in [5, 5.41) is 20.5. The molecule has 1 saturated carbocycles. The Hall–Kier alpha value is -2.71. The molecule has 27 heavy (non-hydrogen) atoms. The van der Waals surface area contributed by atoms with Crippen molar-refractivity contribution < 1.29 is 9.90 Å². The lowest BCUT2D eigenvalue weighted by Crippen LogP contribution is -2.59. The van der Waals surface area contributed by atoms with E-state index in [0.29, 0.717) is 24.2 Å². The predicted molar refractivity (Wildman–Crippen MR) is 101 cm³/mol. The quantitative estimate of drug-likeness (QED) is 0.891. The molecule has 0 bridgehead atoms. The number of piperidine rings is 1. The van der Waals surface area contributed by atoms with Crippen molar-refractivity contribution in [2.75, 3.05) is 6.54 Å². The standard InChI is InChI=1S/C22H23N3O2/c23-14-18-11-10-16(15-24-18)21(26)25-13-12-22(27,17-6-2-1-3-7-17)19-8-4-5-9-20(19)25/h1-3,6-7,10-11,15,19-20,27H,4-5,8-9,12-13H2. The minimum Gasteiger partial charge on any atom is -0.385 e. The number of carbonyl (C=O) groups is 1. The number of aromatic nitrogens is 1. The fraction of sp³-hybridized carbons (Fsp3) is 0.409. The molecule has 1 aromatic heterocycles. The predicted octanol–water partition coefficient (Wildman–Crippen LogP) is 3.25. The topological polar surface area (TPSA) is 77.2 Å². The average molecular weight is 361 g/mol. The SMILES string of the molecule is N#Cc1ccc(C(=O)N2CCC(O)(c3ccccc3)C3CCCCC32)cn1. The van der Waals surface area contributed by atoms with E-state index >= 15 is 0 Å². The third-order valence-electron chi connectivity index (χ3n) is 6.14. The van der Waals surface area contributed by atoms with Crippen molar-refractivity contribution in [1.29, 1.82) is 5.26 Å². The Morgan fingerprint density at radius 1 is 1.19 bits per heavy atom. The fourth-order valence-electron chi connectivity index (χ4n) is 4.77. The highest BCUT2D eigenvalue weighted by Crippen LogP contribution is 2.47. The maximum atomic E-state index is 13.1. The van der Waals surface area contributed by atoms with Crippen LogP contribution in [-0.2, 0) is 5.60 Å². The van der Waals surface area contributed by atoms with Crippen molar-refractivity contribution in [2.45, 2.75) is 43.7 Å². The number of rotatable bonds is 2. The zero-order valence-corrected chi connectivity index (χ0v) is 15.2. The van der Waals surface area contributed by atoms with E-state index in [0.717, 1.165) is 31.2 Å². The zero-order chi connectivity index (χ0) is 18.9. The highest BCUT2D eigenvalue weighted by Gasteiger charge is 2.50. The molecule has 2 aromatic rings. The number of hydrogen-bond donors (Lipinski definition) is 1. The van der Waals surface area contributed by atoms with Gasteiger partial charge in [0, 0.05) is 24.7 Å². The summed E-state index contributed by atoms with van der Waals surface area (Å²) in [7, 11) is 0. The van der Waals surface area contributed by atoms with Crippen LogP contribution in [0.2, 0.25) is 0 Å². The van der Waals surface area contributed by atoms with Crippen LogP contribution in [0, 0.1) is 17.2 Å². The van der Waals surface area contributed by atoms with Crippen LogP contribution in [0.25, 0.3) is 0 Å². The molecular weight excluding hydrogens is 338 g/mol. The fourth-order valence-corrected chi connectivity index (χ4v) is 4.77.